The van der Waals surface area contributed by atoms with Gasteiger partial charge in [-0.25, -0.2) is 0 Å². The predicted octanol–water partition coefficient (Wildman–Crippen LogP) is 2.63. The highest BCUT2D eigenvalue weighted by molar-refractivity contribution is 6.32. The second-order valence-corrected chi connectivity index (χ2v) is 5.47. The standard InChI is InChI=1S/C14H19ClN2O2/c1-17(2)7-8-19-13-6-5-11(9-12(13)15)16-14(18)10-3-4-10/h5-6,9-10H,3-4,7-8H2,1-2H3,(H,16,18). The fourth-order valence-corrected chi connectivity index (χ4v) is 1.86. The Labute approximate surface area is 118 Å². The molecule has 19 heavy (non-hydrogen) atoms. The third kappa shape index (κ3) is 4.40. The summed E-state index contributed by atoms with van der Waals surface area (Å²) in [5.41, 5.74) is 0.724. The molecule has 1 aliphatic rings. The van der Waals surface area contributed by atoms with Gasteiger partial charge in [-0.1, -0.05) is 11.6 Å². The van der Waals surface area contributed by atoms with E-state index in [2.05, 4.69) is 5.32 Å². The summed E-state index contributed by atoms with van der Waals surface area (Å²) < 4.78 is 5.58. The zero-order chi connectivity index (χ0) is 13.8. The van der Waals surface area contributed by atoms with Gasteiger partial charge in [0.1, 0.15) is 12.4 Å². The highest BCUT2D eigenvalue weighted by atomic mass is 35.5. The van der Waals surface area contributed by atoms with Crippen LogP contribution >= 0.6 is 11.6 Å². The van der Waals surface area contributed by atoms with E-state index in [9.17, 15) is 4.79 Å². The lowest BCUT2D eigenvalue weighted by Crippen LogP contribution is -2.19. The summed E-state index contributed by atoms with van der Waals surface area (Å²) in [6, 6.07) is 5.34. The molecule has 0 aromatic heterocycles. The largest absolute Gasteiger partial charge is 0.491 e. The monoisotopic (exact) mass is 282 g/mol. The minimum atomic E-state index is 0.0809. The number of carbonyl (C=O) groups excluding carboxylic acids is 1. The fourth-order valence-electron chi connectivity index (χ4n) is 1.62. The number of likely N-dealkylation sites (N-methyl/N-ethyl adjacent to an activating group) is 1. The van der Waals surface area contributed by atoms with Gasteiger partial charge in [0.15, 0.2) is 0 Å². The molecule has 1 aromatic carbocycles. The van der Waals surface area contributed by atoms with Crippen LogP contribution in [0.2, 0.25) is 5.02 Å². The van der Waals surface area contributed by atoms with E-state index in [4.69, 9.17) is 16.3 Å². The van der Waals surface area contributed by atoms with Crippen LogP contribution in [0.3, 0.4) is 0 Å². The van der Waals surface area contributed by atoms with Gasteiger partial charge >= 0.3 is 0 Å². The molecule has 1 aromatic rings. The molecule has 0 saturated heterocycles. The number of anilines is 1. The molecule has 4 nitrogen and oxygen atoms in total. The van der Waals surface area contributed by atoms with E-state index in [0.29, 0.717) is 17.4 Å². The number of nitrogens with zero attached hydrogens (tertiary/aromatic N) is 1. The van der Waals surface area contributed by atoms with Crippen molar-refractivity contribution in [3.63, 3.8) is 0 Å². The Kier molecular flexibility index (Phi) is 4.66. The number of carbonyl (C=O) groups is 1. The van der Waals surface area contributed by atoms with E-state index in [1.165, 1.54) is 0 Å². The first-order valence-electron chi connectivity index (χ1n) is 6.44. The van der Waals surface area contributed by atoms with Gasteiger partial charge < -0.3 is 15.0 Å². The second kappa shape index (κ2) is 6.26. The molecule has 104 valence electrons. The van der Waals surface area contributed by atoms with Crippen LogP contribution in [-0.2, 0) is 4.79 Å². The van der Waals surface area contributed by atoms with Crippen molar-refractivity contribution in [2.75, 3.05) is 32.6 Å². The van der Waals surface area contributed by atoms with Crippen molar-refractivity contribution >= 4 is 23.2 Å². The van der Waals surface area contributed by atoms with Crippen LogP contribution in [-0.4, -0.2) is 38.1 Å². The Morgan fingerprint density at radius 1 is 1.47 bits per heavy atom. The molecule has 0 heterocycles. The highest BCUT2D eigenvalue weighted by Gasteiger charge is 2.29. The zero-order valence-corrected chi connectivity index (χ0v) is 12.0. The molecule has 0 bridgehead atoms. The van der Waals surface area contributed by atoms with Crippen molar-refractivity contribution in [3.05, 3.63) is 23.2 Å². The van der Waals surface area contributed by atoms with Gasteiger partial charge in [0, 0.05) is 18.2 Å². The maximum absolute atomic E-state index is 11.6. The molecule has 2 rings (SSSR count). The Bertz CT molecular complexity index is 459. The third-order valence-electron chi connectivity index (χ3n) is 2.94. The fraction of sp³-hybridized carbons (Fsp3) is 0.500. The summed E-state index contributed by atoms with van der Waals surface area (Å²) in [4.78, 5) is 13.7. The van der Waals surface area contributed by atoms with Crippen LogP contribution in [0.4, 0.5) is 5.69 Å². The van der Waals surface area contributed by atoms with Crippen molar-refractivity contribution in [3.8, 4) is 5.75 Å². The highest BCUT2D eigenvalue weighted by Crippen LogP contribution is 2.32. The van der Waals surface area contributed by atoms with Crippen molar-refractivity contribution in [2.24, 2.45) is 5.92 Å². The average molecular weight is 283 g/mol. The molecule has 1 fully saturated rings. The van der Waals surface area contributed by atoms with Gasteiger partial charge in [-0.2, -0.15) is 0 Å². The molecule has 0 unspecified atom stereocenters. The zero-order valence-electron chi connectivity index (χ0n) is 11.3. The number of amides is 1. The maximum atomic E-state index is 11.6. The van der Waals surface area contributed by atoms with Crippen LogP contribution in [0.15, 0.2) is 18.2 Å². The van der Waals surface area contributed by atoms with Crippen LogP contribution < -0.4 is 10.1 Å². The van der Waals surface area contributed by atoms with E-state index >= 15 is 0 Å². The molecular weight excluding hydrogens is 264 g/mol. The molecule has 0 radical (unpaired) electrons. The summed E-state index contributed by atoms with van der Waals surface area (Å²) >= 11 is 6.13. The second-order valence-electron chi connectivity index (χ2n) is 5.06. The first-order chi connectivity index (χ1) is 9.06. The predicted molar refractivity (Wildman–Crippen MR) is 76.9 cm³/mol. The van der Waals surface area contributed by atoms with Gasteiger partial charge in [-0.15, -0.1) is 0 Å². The molecule has 1 aliphatic carbocycles. The molecule has 0 atom stereocenters. The normalized spacial score (nSPS) is 14.5. The van der Waals surface area contributed by atoms with E-state index in [0.717, 1.165) is 25.1 Å². The summed E-state index contributed by atoms with van der Waals surface area (Å²) in [7, 11) is 3.98. The number of benzene rings is 1. The lowest BCUT2D eigenvalue weighted by Gasteiger charge is -2.13. The molecule has 5 heteroatoms. The van der Waals surface area contributed by atoms with Crippen molar-refractivity contribution in [1.82, 2.24) is 4.90 Å². The van der Waals surface area contributed by atoms with Crippen molar-refractivity contribution in [2.45, 2.75) is 12.8 Å². The van der Waals surface area contributed by atoms with E-state index in [1.54, 1.807) is 12.1 Å². The quantitative estimate of drug-likeness (QED) is 0.872. The van der Waals surface area contributed by atoms with Crippen LogP contribution in [0.5, 0.6) is 5.75 Å². The van der Waals surface area contributed by atoms with Crippen molar-refractivity contribution < 1.29 is 9.53 Å². The van der Waals surface area contributed by atoms with Gasteiger partial charge in [0.05, 0.1) is 5.02 Å². The van der Waals surface area contributed by atoms with E-state index < -0.39 is 0 Å². The van der Waals surface area contributed by atoms with E-state index in [-0.39, 0.29) is 11.8 Å². The Morgan fingerprint density at radius 2 is 2.21 bits per heavy atom. The lowest BCUT2D eigenvalue weighted by molar-refractivity contribution is -0.117. The van der Waals surface area contributed by atoms with Crippen molar-refractivity contribution in [1.29, 1.82) is 0 Å². The van der Waals surface area contributed by atoms with Gasteiger partial charge in [-0.3, -0.25) is 4.79 Å². The minimum absolute atomic E-state index is 0.0809. The Morgan fingerprint density at radius 3 is 2.79 bits per heavy atom. The number of hydrogen-bond acceptors (Lipinski definition) is 3. The maximum Gasteiger partial charge on any atom is 0.227 e. The summed E-state index contributed by atoms with van der Waals surface area (Å²) in [6.07, 6.45) is 1.98. The average Bonchev–Trinajstić information content (AvgIpc) is 3.15. The molecule has 1 N–H and O–H groups in total. The number of hydrogen-bond donors (Lipinski definition) is 1. The number of rotatable bonds is 6. The van der Waals surface area contributed by atoms with Gasteiger partial charge in [0.2, 0.25) is 5.91 Å². The molecule has 1 amide bonds. The van der Waals surface area contributed by atoms with Crippen LogP contribution in [0.25, 0.3) is 0 Å². The van der Waals surface area contributed by atoms with E-state index in [1.807, 2.05) is 25.1 Å². The summed E-state index contributed by atoms with van der Waals surface area (Å²) in [5.74, 6) is 0.917. The SMILES string of the molecule is CN(C)CCOc1ccc(NC(=O)C2CC2)cc1Cl. The summed E-state index contributed by atoms with van der Waals surface area (Å²) in [5, 5.41) is 3.38. The lowest BCUT2D eigenvalue weighted by atomic mass is 10.3. The number of halogens is 1. The van der Waals surface area contributed by atoms with Gasteiger partial charge in [-0.05, 0) is 45.1 Å². The first kappa shape index (κ1) is 14.2. The molecule has 0 spiro atoms. The molecule has 1 saturated carbocycles. The van der Waals surface area contributed by atoms with Crippen LogP contribution in [0, 0.1) is 5.92 Å². The number of ether oxygens (including phenoxy) is 1. The third-order valence-corrected chi connectivity index (χ3v) is 3.24. The molecule has 0 aliphatic heterocycles. The molecular formula is C14H19ClN2O2. The van der Waals surface area contributed by atoms with Crippen LogP contribution in [0.1, 0.15) is 12.8 Å². The van der Waals surface area contributed by atoms with Gasteiger partial charge in [0.25, 0.3) is 0 Å². The first-order valence-corrected chi connectivity index (χ1v) is 6.82. The number of nitrogens with one attached hydrogen (secondary N) is 1. The Hall–Kier alpha value is -1.26. The smallest absolute Gasteiger partial charge is 0.227 e. The minimum Gasteiger partial charge on any atom is -0.491 e. The summed E-state index contributed by atoms with van der Waals surface area (Å²) in [6.45, 7) is 1.41. The topological polar surface area (TPSA) is 41.6 Å². The Balaban J connectivity index is 1.90.